The van der Waals surface area contributed by atoms with Crippen molar-refractivity contribution < 1.29 is 4.79 Å². The number of benzene rings is 1. The molecule has 22 heavy (non-hydrogen) atoms. The minimum atomic E-state index is -0.194. The topological polar surface area (TPSA) is 58.1 Å². The Balaban J connectivity index is 2.09. The van der Waals surface area contributed by atoms with Crippen LogP contribution in [0.3, 0.4) is 0 Å². The van der Waals surface area contributed by atoms with E-state index >= 15 is 0 Å². The molecule has 0 saturated carbocycles. The second kappa shape index (κ2) is 7.54. The number of anilines is 1. The molecule has 0 spiro atoms. The van der Waals surface area contributed by atoms with E-state index in [0.717, 1.165) is 18.9 Å². The van der Waals surface area contributed by atoms with Crippen LogP contribution in [-0.2, 0) is 6.54 Å². The second-order valence-corrected chi connectivity index (χ2v) is 5.40. The molecule has 0 saturated heterocycles. The number of hydrogen-bond donors (Lipinski definition) is 1. The summed E-state index contributed by atoms with van der Waals surface area (Å²) < 4.78 is 0. The molecule has 1 aromatic carbocycles. The highest BCUT2D eigenvalue weighted by Crippen LogP contribution is 2.13. The van der Waals surface area contributed by atoms with Crippen LogP contribution in [0.25, 0.3) is 0 Å². The van der Waals surface area contributed by atoms with E-state index < -0.39 is 0 Å². The third-order valence-electron chi connectivity index (χ3n) is 3.22. The first-order valence-corrected chi connectivity index (χ1v) is 7.53. The van der Waals surface area contributed by atoms with Crippen molar-refractivity contribution in [3.8, 4) is 0 Å². The summed E-state index contributed by atoms with van der Waals surface area (Å²) in [6, 6.07) is 13.9. The largest absolute Gasteiger partial charge is 0.351 e. The zero-order valence-corrected chi connectivity index (χ0v) is 13.3. The van der Waals surface area contributed by atoms with Gasteiger partial charge in [0, 0.05) is 19.1 Å². The molecular weight excluding hydrogens is 276 g/mol. The van der Waals surface area contributed by atoms with Crippen LogP contribution in [-0.4, -0.2) is 28.7 Å². The molecule has 0 aliphatic carbocycles. The van der Waals surface area contributed by atoms with Gasteiger partial charge in [0.25, 0.3) is 5.91 Å². The smallest absolute Gasteiger partial charge is 0.271 e. The third-order valence-corrected chi connectivity index (χ3v) is 3.22. The number of amides is 1. The summed E-state index contributed by atoms with van der Waals surface area (Å²) in [7, 11) is 0. The molecule has 0 fully saturated rings. The summed E-state index contributed by atoms with van der Waals surface area (Å²) >= 11 is 0. The molecule has 5 nitrogen and oxygen atoms in total. The van der Waals surface area contributed by atoms with Crippen LogP contribution >= 0.6 is 0 Å². The first-order chi connectivity index (χ1) is 10.6. The minimum Gasteiger partial charge on any atom is -0.351 e. The lowest BCUT2D eigenvalue weighted by molar-refractivity contribution is 0.0937. The summed E-state index contributed by atoms with van der Waals surface area (Å²) in [5.74, 6) is 0.576. The first-order valence-electron chi connectivity index (χ1n) is 7.53. The Kier molecular flexibility index (Phi) is 5.47. The highest BCUT2D eigenvalue weighted by Gasteiger charge is 2.12. The van der Waals surface area contributed by atoms with Gasteiger partial charge in [-0.15, -0.1) is 10.2 Å². The molecule has 116 valence electrons. The molecule has 0 bridgehead atoms. The first kappa shape index (κ1) is 15.9. The second-order valence-electron chi connectivity index (χ2n) is 5.40. The molecule has 1 N–H and O–H groups in total. The quantitative estimate of drug-likeness (QED) is 0.890. The van der Waals surface area contributed by atoms with Crippen molar-refractivity contribution >= 4 is 11.7 Å². The Bertz CT molecular complexity index is 596. The van der Waals surface area contributed by atoms with Gasteiger partial charge in [-0.1, -0.05) is 30.3 Å². The maximum atomic E-state index is 11.9. The number of carbonyl (C=O) groups excluding carboxylic acids is 1. The molecule has 1 heterocycles. The third kappa shape index (κ3) is 4.28. The lowest BCUT2D eigenvalue weighted by Crippen LogP contribution is -2.31. The van der Waals surface area contributed by atoms with Crippen molar-refractivity contribution in [3.05, 3.63) is 53.7 Å². The summed E-state index contributed by atoms with van der Waals surface area (Å²) in [6.45, 7) is 7.49. The van der Waals surface area contributed by atoms with Crippen molar-refractivity contribution in [1.82, 2.24) is 15.5 Å². The van der Waals surface area contributed by atoms with E-state index in [0.29, 0.717) is 5.69 Å². The number of nitrogens with zero attached hydrogens (tertiary/aromatic N) is 3. The van der Waals surface area contributed by atoms with Crippen LogP contribution in [0, 0.1) is 0 Å². The van der Waals surface area contributed by atoms with Gasteiger partial charge in [0.2, 0.25) is 0 Å². The van der Waals surface area contributed by atoms with Crippen LogP contribution in [0.2, 0.25) is 0 Å². The van der Waals surface area contributed by atoms with Crippen molar-refractivity contribution in [3.63, 3.8) is 0 Å². The molecular formula is C17H22N4O. The van der Waals surface area contributed by atoms with E-state index in [1.165, 1.54) is 5.56 Å². The fraction of sp³-hybridized carbons (Fsp3) is 0.353. The van der Waals surface area contributed by atoms with Crippen LogP contribution in [0.4, 0.5) is 5.82 Å². The lowest BCUT2D eigenvalue weighted by Gasteiger charge is -2.21. The van der Waals surface area contributed by atoms with Gasteiger partial charge in [-0.05, 0) is 38.5 Å². The van der Waals surface area contributed by atoms with Gasteiger partial charge >= 0.3 is 0 Å². The van der Waals surface area contributed by atoms with Gasteiger partial charge in [-0.2, -0.15) is 0 Å². The molecule has 1 aromatic heterocycles. The van der Waals surface area contributed by atoms with E-state index in [1.54, 1.807) is 6.07 Å². The van der Waals surface area contributed by atoms with Gasteiger partial charge in [0.05, 0.1) is 0 Å². The Morgan fingerprint density at radius 2 is 1.86 bits per heavy atom. The van der Waals surface area contributed by atoms with E-state index in [-0.39, 0.29) is 11.9 Å². The van der Waals surface area contributed by atoms with E-state index in [4.69, 9.17) is 0 Å². The standard InChI is InChI=1S/C17H22N4O/c1-4-21(12-14-8-6-5-7-9-14)16-11-10-15(19-20-16)17(22)18-13(2)3/h5-11,13H,4,12H2,1-3H3,(H,18,22). The Hall–Kier alpha value is -2.43. The number of aromatic nitrogens is 2. The van der Waals surface area contributed by atoms with Crippen molar-refractivity contribution in [1.29, 1.82) is 0 Å². The fourth-order valence-electron chi connectivity index (χ4n) is 2.11. The summed E-state index contributed by atoms with van der Waals surface area (Å²) in [4.78, 5) is 14.0. The van der Waals surface area contributed by atoms with Crippen LogP contribution < -0.4 is 10.2 Å². The summed E-state index contributed by atoms with van der Waals surface area (Å²) in [6.07, 6.45) is 0. The molecule has 2 rings (SSSR count). The van der Waals surface area contributed by atoms with Crippen LogP contribution in [0.5, 0.6) is 0 Å². The fourth-order valence-corrected chi connectivity index (χ4v) is 2.11. The van der Waals surface area contributed by atoms with E-state index in [1.807, 2.05) is 38.1 Å². The monoisotopic (exact) mass is 298 g/mol. The average molecular weight is 298 g/mol. The molecule has 5 heteroatoms. The highest BCUT2D eigenvalue weighted by molar-refractivity contribution is 5.92. The number of rotatable bonds is 6. The average Bonchev–Trinajstić information content (AvgIpc) is 2.53. The molecule has 0 aliphatic heterocycles. The van der Waals surface area contributed by atoms with Crippen molar-refractivity contribution in [2.75, 3.05) is 11.4 Å². The van der Waals surface area contributed by atoms with E-state index in [9.17, 15) is 4.79 Å². The molecule has 0 radical (unpaired) electrons. The van der Waals surface area contributed by atoms with Gasteiger partial charge in [-0.25, -0.2) is 0 Å². The lowest BCUT2D eigenvalue weighted by atomic mass is 10.2. The molecule has 2 aromatic rings. The molecule has 0 aliphatic rings. The van der Waals surface area contributed by atoms with Crippen molar-refractivity contribution in [2.24, 2.45) is 0 Å². The maximum absolute atomic E-state index is 11.9. The Morgan fingerprint density at radius 3 is 2.41 bits per heavy atom. The summed E-state index contributed by atoms with van der Waals surface area (Å²) in [5, 5.41) is 11.0. The Morgan fingerprint density at radius 1 is 1.14 bits per heavy atom. The SMILES string of the molecule is CCN(Cc1ccccc1)c1ccc(C(=O)NC(C)C)nn1. The zero-order chi connectivity index (χ0) is 15.9. The molecule has 0 unspecified atom stereocenters. The minimum absolute atomic E-state index is 0.0826. The maximum Gasteiger partial charge on any atom is 0.271 e. The highest BCUT2D eigenvalue weighted by atomic mass is 16.2. The van der Waals surface area contributed by atoms with Gasteiger partial charge in [-0.3, -0.25) is 4.79 Å². The van der Waals surface area contributed by atoms with E-state index in [2.05, 4.69) is 39.5 Å². The van der Waals surface area contributed by atoms with Crippen LogP contribution in [0.15, 0.2) is 42.5 Å². The number of nitrogens with one attached hydrogen (secondary N) is 1. The number of hydrogen-bond acceptors (Lipinski definition) is 4. The number of carbonyl (C=O) groups is 1. The van der Waals surface area contributed by atoms with Gasteiger partial charge in [0.15, 0.2) is 11.5 Å². The Labute approximate surface area is 131 Å². The predicted octanol–water partition coefficient (Wildman–Crippen LogP) is 2.64. The van der Waals surface area contributed by atoms with Gasteiger partial charge < -0.3 is 10.2 Å². The molecule has 1 amide bonds. The summed E-state index contributed by atoms with van der Waals surface area (Å²) in [5.41, 5.74) is 1.56. The van der Waals surface area contributed by atoms with Gasteiger partial charge in [0.1, 0.15) is 0 Å². The normalized spacial score (nSPS) is 10.5. The van der Waals surface area contributed by atoms with Crippen LogP contribution in [0.1, 0.15) is 36.8 Å². The van der Waals surface area contributed by atoms with Crippen molar-refractivity contribution in [2.45, 2.75) is 33.4 Å². The predicted molar refractivity (Wildman–Crippen MR) is 87.8 cm³/mol. The zero-order valence-electron chi connectivity index (χ0n) is 13.3. The molecule has 0 atom stereocenters.